The number of nitrogens with zero attached hydrogens (tertiary/aromatic N) is 1. The van der Waals surface area contributed by atoms with E-state index >= 15 is 0 Å². The van der Waals surface area contributed by atoms with Crippen molar-refractivity contribution in [3.05, 3.63) is 16.6 Å². The number of rotatable bonds is 4. The third kappa shape index (κ3) is 2.80. The van der Waals surface area contributed by atoms with E-state index in [1.807, 2.05) is 13.1 Å². The van der Waals surface area contributed by atoms with E-state index in [9.17, 15) is 4.79 Å². The molecule has 11 heavy (non-hydrogen) atoms. The minimum atomic E-state index is 0.332. The molecule has 0 atom stereocenters. The van der Waals surface area contributed by atoms with Gasteiger partial charge in [-0.2, -0.15) is 0 Å². The van der Waals surface area contributed by atoms with Crippen molar-refractivity contribution in [3.8, 4) is 0 Å². The number of hydrogen-bond donors (Lipinski definition) is 0. The molecule has 1 heterocycles. The zero-order valence-electron chi connectivity index (χ0n) is 6.54. The SMILES string of the molecule is CCC(=O)CCc1cncs1. The van der Waals surface area contributed by atoms with Gasteiger partial charge in [0.15, 0.2) is 0 Å². The maximum atomic E-state index is 10.9. The molecule has 0 aliphatic carbocycles. The van der Waals surface area contributed by atoms with Crippen LogP contribution >= 0.6 is 11.3 Å². The van der Waals surface area contributed by atoms with E-state index in [1.54, 1.807) is 16.8 Å². The Kier molecular flexibility index (Phi) is 3.23. The lowest BCUT2D eigenvalue weighted by Gasteiger charge is -1.92. The van der Waals surface area contributed by atoms with Gasteiger partial charge in [0.25, 0.3) is 0 Å². The van der Waals surface area contributed by atoms with E-state index in [-0.39, 0.29) is 0 Å². The average Bonchev–Trinajstić information content (AvgIpc) is 2.52. The first kappa shape index (κ1) is 8.40. The smallest absolute Gasteiger partial charge is 0.132 e. The number of ketones is 1. The molecule has 0 spiro atoms. The molecule has 0 amide bonds. The van der Waals surface area contributed by atoms with Crippen molar-refractivity contribution in [2.75, 3.05) is 0 Å². The maximum absolute atomic E-state index is 10.9. The lowest BCUT2D eigenvalue weighted by molar-refractivity contribution is -0.118. The van der Waals surface area contributed by atoms with Crippen molar-refractivity contribution in [1.29, 1.82) is 0 Å². The summed E-state index contributed by atoms with van der Waals surface area (Å²) in [5.41, 5.74) is 1.80. The highest BCUT2D eigenvalue weighted by atomic mass is 32.1. The molecule has 0 radical (unpaired) electrons. The number of thiazole rings is 1. The van der Waals surface area contributed by atoms with Gasteiger partial charge in [0.1, 0.15) is 5.78 Å². The van der Waals surface area contributed by atoms with Gasteiger partial charge in [0, 0.05) is 23.9 Å². The van der Waals surface area contributed by atoms with Crippen molar-refractivity contribution in [2.45, 2.75) is 26.2 Å². The Balaban J connectivity index is 2.29. The van der Waals surface area contributed by atoms with Crippen LogP contribution in [0.3, 0.4) is 0 Å². The summed E-state index contributed by atoms with van der Waals surface area (Å²) >= 11 is 1.61. The van der Waals surface area contributed by atoms with E-state index in [0.717, 1.165) is 6.42 Å². The van der Waals surface area contributed by atoms with E-state index in [4.69, 9.17) is 0 Å². The molecule has 1 aromatic heterocycles. The Hall–Kier alpha value is -0.700. The molecule has 2 nitrogen and oxygen atoms in total. The molecule has 1 rings (SSSR count). The molecule has 0 bridgehead atoms. The summed E-state index contributed by atoms with van der Waals surface area (Å²) in [6, 6.07) is 0. The highest BCUT2D eigenvalue weighted by Gasteiger charge is 1.99. The van der Waals surface area contributed by atoms with E-state index in [0.29, 0.717) is 18.6 Å². The van der Waals surface area contributed by atoms with Crippen molar-refractivity contribution >= 4 is 17.1 Å². The lowest BCUT2D eigenvalue weighted by atomic mass is 10.2. The number of aromatic nitrogens is 1. The molecule has 0 unspecified atom stereocenters. The third-order valence-electron chi connectivity index (χ3n) is 1.53. The fraction of sp³-hybridized carbons (Fsp3) is 0.500. The highest BCUT2D eigenvalue weighted by Crippen LogP contribution is 2.08. The summed E-state index contributed by atoms with van der Waals surface area (Å²) in [5.74, 6) is 0.332. The van der Waals surface area contributed by atoms with Crippen molar-refractivity contribution < 1.29 is 4.79 Å². The van der Waals surface area contributed by atoms with Gasteiger partial charge in [-0.05, 0) is 6.42 Å². The van der Waals surface area contributed by atoms with Crippen molar-refractivity contribution in [1.82, 2.24) is 4.98 Å². The van der Waals surface area contributed by atoms with Gasteiger partial charge in [0.05, 0.1) is 5.51 Å². The Morgan fingerprint density at radius 1 is 1.73 bits per heavy atom. The number of hydrogen-bond acceptors (Lipinski definition) is 3. The first-order chi connectivity index (χ1) is 5.33. The van der Waals surface area contributed by atoms with E-state index < -0.39 is 0 Å². The second-order valence-electron chi connectivity index (χ2n) is 2.36. The summed E-state index contributed by atoms with van der Waals surface area (Å²) in [5, 5.41) is 0. The normalized spacial score (nSPS) is 9.91. The molecule has 0 saturated heterocycles. The van der Waals surface area contributed by atoms with Crippen LogP contribution in [0.25, 0.3) is 0 Å². The molecule has 0 saturated carbocycles. The van der Waals surface area contributed by atoms with Crippen molar-refractivity contribution in [3.63, 3.8) is 0 Å². The van der Waals surface area contributed by atoms with Gasteiger partial charge < -0.3 is 0 Å². The van der Waals surface area contributed by atoms with Gasteiger partial charge in [-0.25, -0.2) is 0 Å². The van der Waals surface area contributed by atoms with Crippen LogP contribution in [0.5, 0.6) is 0 Å². The topological polar surface area (TPSA) is 30.0 Å². The molecule has 0 aliphatic rings. The van der Waals surface area contributed by atoms with Crippen LogP contribution < -0.4 is 0 Å². The van der Waals surface area contributed by atoms with Gasteiger partial charge >= 0.3 is 0 Å². The Labute approximate surface area is 70.3 Å². The van der Waals surface area contributed by atoms with Crippen LogP contribution in [0.1, 0.15) is 24.6 Å². The third-order valence-corrected chi connectivity index (χ3v) is 2.37. The zero-order valence-corrected chi connectivity index (χ0v) is 7.36. The Morgan fingerprint density at radius 2 is 2.55 bits per heavy atom. The molecular formula is C8H11NOS. The van der Waals surface area contributed by atoms with Crippen LogP contribution in [0.2, 0.25) is 0 Å². The van der Waals surface area contributed by atoms with E-state index in [1.165, 1.54) is 4.88 Å². The number of carbonyl (C=O) groups is 1. The molecule has 0 fully saturated rings. The maximum Gasteiger partial charge on any atom is 0.132 e. The fourth-order valence-electron chi connectivity index (χ4n) is 0.805. The molecule has 0 aromatic carbocycles. The number of aryl methyl sites for hydroxylation is 1. The van der Waals surface area contributed by atoms with Crippen molar-refractivity contribution in [2.24, 2.45) is 0 Å². The Morgan fingerprint density at radius 3 is 3.09 bits per heavy atom. The largest absolute Gasteiger partial charge is 0.300 e. The summed E-state index contributed by atoms with van der Waals surface area (Å²) in [6.07, 6.45) is 4.00. The molecule has 1 aromatic rings. The monoisotopic (exact) mass is 169 g/mol. The summed E-state index contributed by atoms with van der Waals surface area (Å²) in [7, 11) is 0. The van der Waals surface area contributed by atoms with Gasteiger partial charge in [-0.15, -0.1) is 11.3 Å². The molecule has 60 valence electrons. The second-order valence-corrected chi connectivity index (χ2v) is 3.33. The predicted octanol–water partition coefficient (Wildman–Crippen LogP) is 2.05. The first-order valence-electron chi connectivity index (χ1n) is 3.72. The molecular weight excluding hydrogens is 158 g/mol. The summed E-state index contributed by atoms with van der Waals surface area (Å²) in [6.45, 7) is 1.90. The lowest BCUT2D eigenvalue weighted by Crippen LogP contribution is -1.96. The quantitative estimate of drug-likeness (QED) is 0.690. The standard InChI is InChI=1S/C8H11NOS/c1-2-7(10)3-4-8-5-9-6-11-8/h5-6H,2-4H2,1H3. The molecule has 3 heteroatoms. The van der Waals surface area contributed by atoms with Gasteiger partial charge in [-0.1, -0.05) is 6.92 Å². The van der Waals surface area contributed by atoms with Crippen LogP contribution in [0, 0.1) is 0 Å². The van der Waals surface area contributed by atoms with Gasteiger partial charge in [-0.3, -0.25) is 9.78 Å². The highest BCUT2D eigenvalue weighted by molar-refractivity contribution is 7.09. The minimum Gasteiger partial charge on any atom is -0.300 e. The number of Topliss-reactive ketones (excluding diaryl/α,β-unsaturated/α-hetero) is 1. The van der Waals surface area contributed by atoms with Crippen LogP contribution in [0.4, 0.5) is 0 Å². The Bertz CT molecular complexity index is 218. The first-order valence-corrected chi connectivity index (χ1v) is 4.60. The fourth-order valence-corrected chi connectivity index (χ4v) is 1.40. The average molecular weight is 169 g/mol. The number of carbonyl (C=O) groups excluding carboxylic acids is 1. The van der Waals surface area contributed by atoms with Crippen LogP contribution in [-0.4, -0.2) is 10.8 Å². The van der Waals surface area contributed by atoms with Gasteiger partial charge in [0.2, 0.25) is 0 Å². The summed E-state index contributed by atoms with van der Waals surface area (Å²) < 4.78 is 0. The van der Waals surface area contributed by atoms with Crippen LogP contribution in [-0.2, 0) is 11.2 Å². The van der Waals surface area contributed by atoms with Crippen LogP contribution in [0.15, 0.2) is 11.7 Å². The predicted molar refractivity (Wildman–Crippen MR) is 45.7 cm³/mol. The molecule has 0 N–H and O–H groups in total. The second kappa shape index (κ2) is 4.23. The van der Waals surface area contributed by atoms with E-state index in [2.05, 4.69) is 4.98 Å². The minimum absolute atomic E-state index is 0.332. The zero-order chi connectivity index (χ0) is 8.10. The molecule has 0 aliphatic heterocycles. The summed E-state index contributed by atoms with van der Waals surface area (Å²) in [4.78, 5) is 16.0.